The van der Waals surface area contributed by atoms with Gasteiger partial charge < -0.3 is 9.32 Å². The van der Waals surface area contributed by atoms with Gasteiger partial charge in [-0.3, -0.25) is 14.2 Å². The third-order valence-corrected chi connectivity index (χ3v) is 6.05. The van der Waals surface area contributed by atoms with Gasteiger partial charge in [0.25, 0.3) is 5.56 Å². The van der Waals surface area contributed by atoms with Crippen molar-refractivity contribution in [3.63, 3.8) is 0 Å². The van der Waals surface area contributed by atoms with Crippen LogP contribution in [0, 0.1) is 18.6 Å². The van der Waals surface area contributed by atoms with Crippen molar-refractivity contribution in [2.24, 2.45) is 0 Å². The van der Waals surface area contributed by atoms with E-state index in [1.165, 1.54) is 11.0 Å². The number of nitrogens with zero attached hydrogens (tertiary/aromatic N) is 3. The Morgan fingerprint density at radius 1 is 1.18 bits per heavy atom. The van der Waals surface area contributed by atoms with Crippen LogP contribution in [0.2, 0.25) is 5.02 Å². The Kier molecular flexibility index (Phi) is 6.53. The Morgan fingerprint density at radius 3 is 2.67 bits per heavy atom. The van der Waals surface area contributed by atoms with Crippen LogP contribution >= 0.6 is 23.4 Å². The highest BCUT2D eigenvalue weighted by Crippen LogP contribution is 2.25. The molecule has 0 aliphatic heterocycles. The molecule has 2 heterocycles. The summed E-state index contributed by atoms with van der Waals surface area (Å²) < 4.78 is 34.6. The number of aromatic nitrogens is 2. The molecule has 1 amide bonds. The number of hydrogen-bond donors (Lipinski definition) is 0. The second kappa shape index (κ2) is 9.36. The lowest BCUT2D eigenvalue weighted by Gasteiger charge is -2.17. The van der Waals surface area contributed by atoms with Crippen molar-refractivity contribution < 1.29 is 18.0 Å². The Bertz CT molecular complexity index is 1420. The lowest BCUT2D eigenvalue weighted by Crippen LogP contribution is -2.28. The lowest BCUT2D eigenvalue weighted by atomic mass is 10.2. The highest BCUT2D eigenvalue weighted by atomic mass is 35.5. The fourth-order valence-corrected chi connectivity index (χ4v) is 4.36. The molecule has 2 aromatic heterocycles. The van der Waals surface area contributed by atoms with Crippen LogP contribution in [-0.4, -0.2) is 33.2 Å². The predicted octanol–water partition coefficient (Wildman–Crippen LogP) is 4.97. The van der Waals surface area contributed by atoms with Gasteiger partial charge in [0.15, 0.2) is 5.16 Å². The summed E-state index contributed by atoms with van der Waals surface area (Å²) >= 11 is 7.00. The van der Waals surface area contributed by atoms with Crippen molar-refractivity contribution in [1.29, 1.82) is 0 Å². The number of carbonyl (C=O) groups excluding carboxylic acids is 1. The van der Waals surface area contributed by atoms with Gasteiger partial charge in [0.2, 0.25) is 5.91 Å². The molecule has 0 unspecified atom stereocenters. The molecule has 6 nitrogen and oxygen atoms in total. The largest absolute Gasteiger partial charge is 0.464 e. The number of benzene rings is 2. The van der Waals surface area contributed by atoms with Crippen molar-refractivity contribution in [3.05, 3.63) is 87.1 Å². The van der Waals surface area contributed by atoms with Gasteiger partial charge in [-0.2, -0.15) is 0 Å². The summed E-state index contributed by atoms with van der Waals surface area (Å²) in [5.74, 6) is -0.639. The van der Waals surface area contributed by atoms with Crippen LogP contribution < -0.4 is 5.56 Å². The summed E-state index contributed by atoms with van der Waals surface area (Å²) in [5, 5.41) is 0.584. The molecule has 10 heteroatoms. The zero-order valence-corrected chi connectivity index (χ0v) is 19.2. The zero-order chi connectivity index (χ0) is 23.7. The van der Waals surface area contributed by atoms with Gasteiger partial charge in [-0.25, -0.2) is 13.8 Å². The van der Waals surface area contributed by atoms with Crippen LogP contribution in [0.1, 0.15) is 11.5 Å². The first kappa shape index (κ1) is 23.0. The molecule has 2 aromatic carbocycles. The average molecular weight is 490 g/mol. The molecule has 0 saturated carbocycles. The SMILES string of the molecule is Cc1ccc(CN(C)C(=O)CSc2nc3ccc(Cl)cc3c(=O)n2-c2ccc(F)cc2F)o1. The van der Waals surface area contributed by atoms with Crippen LogP contribution in [0.3, 0.4) is 0 Å². The Labute approximate surface area is 196 Å². The Hall–Kier alpha value is -3.17. The van der Waals surface area contributed by atoms with E-state index in [-0.39, 0.29) is 34.4 Å². The first-order chi connectivity index (χ1) is 15.7. The molecule has 0 radical (unpaired) electrons. The fourth-order valence-electron chi connectivity index (χ4n) is 3.24. The first-order valence-electron chi connectivity index (χ1n) is 9.83. The van der Waals surface area contributed by atoms with Crippen LogP contribution in [0.5, 0.6) is 0 Å². The Morgan fingerprint density at radius 2 is 1.97 bits per heavy atom. The quantitative estimate of drug-likeness (QED) is 0.282. The summed E-state index contributed by atoms with van der Waals surface area (Å²) in [4.78, 5) is 31.9. The molecule has 0 N–H and O–H groups in total. The lowest BCUT2D eigenvalue weighted by molar-refractivity contribution is -0.127. The molecule has 0 aliphatic carbocycles. The number of fused-ring (bicyclic) bond motifs is 1. The highest BCUT2D eigenvalue weighted by Gasteiger charge is 2.19. The monoisotopic (exact) mass is 489 g/mol. The van der Waals surface area contributed by atoms with Crippen molar-refractivity contribution in [2.45, 2.75) is 18.6 Å². The van der Waals surface area contributed by atoms with E-state index in [0.29, 0.717) is 22.4 Å². The van der Waals surface area contributed by atoms with Crippen LogP contribution in [0.25, 0.3) is 16.6 Å². The van der Waals surface area contributed by atoms with Crippen molar-refractivity contribution in [3.8, 4) is 5.69 Å². The number of thioether (sulfide) groups is 1. The Balaban J connectivity index is 1.69. The normalized spacial score (nSPS) is 11.2. The maximum Gasteiger partial charge on any atom is 0.266 e. The second-order valence-electron chi connectivity index (χ2n) is 7.34. The van der Waals surface area contributed by atoms with Gasteiger partial charge >= 0.3 is 0 Å². The second-order valence-corrected chi connectivity index (χ2v) is 8.72. The van der Waals surface area contributed by atoms with Crippen LogP contribution in [0.15, 0.2) is 62.9 Å². The van der Waals surface area contributed by atoms with Gasteiger partial charge in [0.1, 0.15) is 23.2 Å². The molecule has 0 saturated heterocycles. The minimum Gasteiger partial charge on any atom is -0.464 e. The third-order valence-electron chi connectivity index (χ3n) is 4.89. The molecule has 33 heavy (non-hydrogen) atoms. The number of aryl methyl sites for hydroxylation is 1. The maximum atomic E-state index is 14.6. The zero-order valence-electron chi connectivity index (χ0n) is 17.6. The summed E-state index contributed by atoms with van der Waals surface area (Å²) in [6, 6.07) is 11.1. The van der Waals surface area contributed by atoms with E-state index >= 15 is 0 Å². The number of furan rings is 1. The highest BCUT2D eigenvalue weighted by molar-refractivity contribution is 7.99. The summed E-state index contributed by atoms with van der Waals surface area (Å²) in [6.45, 7) is 2.09. The summed E-state index contributed by atoms with van der Waals surface area (Å²) in [7, 11) is 1.63. The summed E-state index contributed by atoms with van der Waals surface area (Å²) in [5.41, 5.74) is -0.412. The number of hydrogen-bond acceptors (Lipinski definition) is 5. The van der Waals surface area contributed by atoms with E-state index in [1.54, 1.807) is 25.2 Å². The number of amides is 1. The molecule has 4 rings (SSSR count). The van der Waals surface area contributed by atoms with Crippen molar-refractivity contribution in [1.82, 2.24) is 14.5 Å². The van der Waals surface area contributed by atoms with E-state index in [2.05, 4.69) is 4.98 Å². The van der Waals surface area contributed by atoms with E-state index in [4.69, 9.17) is 16.0 Å². The smallest absolute Gasteiger partial charge is 0.266 e. The number of rotatable bonds is 6. The molecule has 0 fully saturated rings. The van der Waals surface area contributed by atoms with Gasteiger partial charge in [0.05, 0.1) is 28.9 Å². The van der Waals surface area contributed by atoms with E-state index in [1.807, 2.05) is 13.0 Å². The molecule has 0 bridgehead atoms. The van der Waals surface area contributed by atoms with Crippen LogP contribution in [-0.2, 0) is 11.3 Å². The van der Waals surface area contributed by atoms with Crippen molar-refractivity contribution >= 4 is 40.2 Å². The first-order valence-corrected chi connectivity index (χ1v) is 11.2. The molecule has 0 atom stereocenters. The van der Waals surface area contributed by atoms with E-state index in [0.717, 1.165) is 34.2 Å². The summed E-state index contributed by atoms with van der Waals surface area (Å²) in [6.07, 6.45) is 0. The molecular formula is C23H18ClF2N3O3S. The molecule has 0 spiro atoms. The van der Waals surface area contributed by atoms with Gasteiger partial charge in [-0.05, 0) is 49.4 Å². The maximum absolute atomic E-state index is 14.6. The van der Waals surface area contributed by atoms with Crippen molar-refractivity contribution in [2.75, 3.05) is 12.8 Å². The molecule has 0 aliphatic rings. The number of halogens is 3. The van der Waals surface area contributed by atoms with Gasteiger partial charge in [0, 0.05) is 18.1 Å². The predicted molar refractivity (Wildman–Crippen MR) is 123 cm³/mol. The molecular weight excluding hydrogens is 472 g/mol. The number of carbonyl (C=O) groups is 1. The average Bonchev–Trinajstić information content (AvgIpc) is 3.18. The van der Waals surface area contributed by atoms with Gasteiger partial charge in [-0.15, -0.1) is 0 Å². The minimum absolute atomic E-state index is 0.0649. The third kappa shape index (κ3) is 4.94. The van der Waals surface area contributed by atoms with E-state index in [9.17, 15) is 18.4 Å². The standard InChI is InChI=1S/C23H18ClF2N3O3S/c1-13-3-6-16(32-13)11-28(2)21(30)12-33-23-27-19-7-4-14(24)9-17(19)22(31)29(23)20-8-5-15(25)10-18(20)26/h3-10H,11-12H2,1-2H3. The minimum atomic E-state index is -0.932. The molecule has 4 aromatic rings. The topological polar surface area (TPSA) is 68.3 Å². The molecule has 170 valence electrons. The van der Waals surface area contributed by atoms with Crippen LogP contribution in [0.4, 0.5) is 8.78 Å². The van der Waals surface area contributed by atoms with Gasteiger partial charge in [-0.1, -0.05) is 23.4 Å². The fraction of sp³-hybridized carbons (Fsp3) is 0.174. The van der Waals surface area contributed by atoms with E-state index < -0.39 is 17.2 Å².